The molecule has 5 heteroatoms. The van der Waals surface area contributed by atoms with Gasteiger partial charge in [0.05, 0.1) is 14.2 Å². The SMILES string of the molecule is COc1cc(OC)cc(OCC(=O)Nc2cccc3ccccc23)c1. The molecule has 0 unspecified atom stereocenters. The molecule has 0 aliphatic carbocycles. The van der Waals surface area contributed by atoms with E-state index in [2.05, 4.69) is 5.32 Å². The number of carbonyl (C=O) groups is 1. The Balaban J connectivity index is 1.69. The minimum atomic E-state index is -0.238. The van der Waals surface area contributed by atoms with Crippen LogP contribution in [0.15, 0.2) is 60.7 Å². The lowest BCUT2D eigenvalue weighted by molar-refractivity contribution is -0.118. The molecule has 3 aromatic carbocycles. The highest BCUT2D eigenvalue weighted by Gasteiger charge is 2.08. The second kappa shape index (κ2) is 7.57. The van der Waals surface area contributed by atoms with Gasteiger partial charge in [-0.25, -0.2) is 0 Å². The van der Waals surface area contributed by atoms with E-state index in [4.69, 9.17) is 14.2 Å². The Morgan fingerprint density at radius 3 is 2.24 bits per heavy atom. The zero-order valence-electron chi connectivity index (χ0n) is 14.1. The highest BCUT2D eigenvalue weighted by molar-refractivity contribution is 6.02. The van der Waals surface area contributed by atoms with Gasteiger partial charge in [-0.15, -0.1) is 0 Å². The number of benzene rings is 3. The molecule has 0 heterocycles. The number of ether oxygens (including phenoxy) is 3. The molecular weight excluding hydrogens is 318 g/mol. The number of fused-ring (bicyclic) bond motifs is 1. The highest BCUT2D eigenvalue weighted by atomic mass is 16.5. The van der Waals surface area contributed by atoms with Gasteiger partial charge < -0.3 is 19.5 Å². The van der Waals surface area contributed by atoms with Gasteiger partial charge >= 0.3 is 0 Å². The van der Waals surface area contributed by atoms with E-state index in [1.165, 1.54) is 0 Å². The Labute approximate surface area is 146 Å². The first-order valence-corrected chi connectivity index (χ1v) is 7.83. The fraction of sp³-hybridized carbons (Fsp3) is 0.150. The lowest BCUT2D eigenvalue weighted by atomic mass is 10.1. The predicted molar refractivity (Wildman–Crippen MR) is 97.6 cm³/mol. The topological polar surface area (TPSA) is 56.8 Å². The van der Waals surface area contributed by atoms with Crippen LogP contribution >= 0.6 is 0 Å². The molecule has 0 aliphatic heterocycles. The van der Waals surface area contributed by atoms with Crippen LogP contribution in [-0.4, -0.2) is 26.7 Å². The molecule has 25 heavy (non-hydrogen) atoms. The molecule has 0 spiro atoms. The quantitative estimate of drug-likeness (QED) is 0.742. The molecule has 128 valence electrons. The number of anilines is 1. The fourth-order valence-electron chi connectivity index (χ4n) is 2.53. The van der Waals surface area contributed by atoms with Gasteiger partial charge in [-0.2, -0.15) is 0 Å². The molecule has 0 fully saturated rings. The first kappa shape index (κ1) is 16.6. The molecule has 1 amide bonds. The molecule has 5 nitrogen and oxygen atoms in total. The van der Waals surface area contributed by atoms with Crippen molar-refractivity contribution >= 4 is 22.4 Å². The Hall–Kier alpha value is -3.21. The third-order valence-corrected chi connectivity index (χ3v) is 3.76. The average Bonchev–Trinajstić information content (AvgIpc) is 2.66. The summed E-state index contributed by atoms with van der Waals surface area (Å²) < 4.78 is 15.9. The molecule has 3 rings (SSSR count). The molecule has 0 atom stereocenters. The van der Waals surface area contributed by atoms with Crippen LogP contribution < -0.4 is 19.5 Å². The summed E-state index contributed by atoms with van der Waals surface area (Å²) in [5.74, 6) is 1.47. The van der Waals surface area contributed by atoms with E-state index in [0.717, 1.165) is 16.5 Å². The minimum Gasteiger partial charge on any atom is -0.496 e. The molecule has 0 radical (unpaired) electrons. The van der Waals surface area contributed by atoms with Crippen molar-refractivity contribution in [3.63, 3.8) is 0 Å². The Bertz CT molecular complexity index is 864. The fourth-order valence-corrected chi connectivity index (χ4v) is 2.53. The second-order valence-electron chi connectivity index (χ2n) is 5.41. The number of rotatable bonds is 6. The molecular formula is C20H19NO4. The number of methoxy groups -OCH3 is 2. The van der Waals surface area contributed by atoms with Crippen molar-refractivity contribution in [2.75, 3.05) is 26.1 Å². The lowest BCUT2D eigenvalue weighted by Gasteiger charge is -2.11. The third-order valence-electron chi connectivity index (χ3n) is 3.76. The summed E-state index contributed by atoms with van der Waals surface area (Å²) in [6.45, 7) is -0.112. The Morgan fingerprint density at radius 1 is 0.880 bits per heavy atom. The van der Waals surface area contributed by atoms with Gasteiger partial charge in [0.1, 0.15) is 17.2 Å². The van der Waals surface area contributed by atoms with Gasteiger partial charge in [0, 0.05) is 29.3 Å². The van der Waals surface area contributed by atoms with Crippen molar-refractivity contribution in [1.82, 2.24) is 0 Å². The van der Waals surface area contributed by atoms with Gasteiger partial charge in [0.15, 0.2) is 6.61 Å². The number of hydrogen-bond donors (Lipinski definition) is 1. The van der Waals surface area contributed by atoms with Crippen LogP contribution in [-0.2, 0) is 4.79 Å². The van der Waals surface area contributed by atoms with E-state index >= 15 is 0 Å². The molecule has 3 aromatic rings. The maximum Gasteiger partial charge on any atom is 0.262 e. The summed E-state index contributed by atoms with van der Waals surface area (Å²) in [7, 11) is 3.12. The number of hydrogen-bond acceptors (Lipinski definition) is 4. The summed E-state index contributed by atoms with van der Waals surface area (Å²) in [6.07, 6.45) is 0. The Kier molecular flexibility index (Phi) is 5.04. The average molecular weight is 337 g/mol. The van der Waals surface area contributed by atoms with Crippen molar-refractivity contribution in [3.8, 4) is 17.2 Å². The van der Waals surface area contributed by atoms with E-state index in [1.54, 1.807) is 32.4 Å². The molecule has 0 aromatic heterocycles. The van der Waals surface area contributed by atoms with E-state index in [1.807, 2.05) is 42.5 Å². The maximum atomic E-state index is 12.2. The molecule has 0 aliphatic rings. The van der Waals surface area contributed by atoms with E-state index < -0.39 is 0 Å². The zero-order valence-corrected chi connectivity index (χ0v) is 14.1. The highest BCUT2D eigenvalue weighted by Crippen LogP contribution is 2.27. The van der Waals surface area contributed by atoms with Crippen LogP contribution in [0.5, 0.6) is 17.2 Å². The molecule has 0 saturated carbocycles. The van der Waals surface area contributed by atoms with E-state index in [0.29, 0.717) is 17.2 Å². The van der Waals surface area contributed by atoms with Gasteiger partial charge in [-0.1, -0.05) is 36.4 Å². The number of carbonyl (C=O) groups excluding carboxylic acids is 1. The zero-order chi connectivity index (χ0) is 17.6. The molecule has 1 N–H and O–H groups in total. The van der Waals surface area contributed by atoms with Gasteiger partial charge in [-0.3, -0.25) is 4.79 Å². The second-order valence-corrected chi connectivity index (χ2v) is 5.41. The van der Waals surface area contributed by atoms with Crippen LogP contribution in [0.4, 0.5) is 5.69 Å². The summed E-state index contributed by atoms with van der Waals surface area (Å²) in [6, 6.07) is 18.8. The summed E-state index contributed by atoms with van der Waals surface area (Å²) in [4.78, 5) is 12.2. The standard InChI is InChI=1S/C20H19NO4/c1-23-15-10-16(24-2)12-17(11-15)25-13-20(22)21-19-9-5-7-14-6-3-4-8-18(14)19/h3-12H,13H2,1-2H3,(H,21,22). The monoisotopic (exact) mass is 337 g/mol. The molecule has 0 bridgehead atoms. The van der Waals surface area contributed by atoms with Gasteiger partial charge in [-0.05, 0) is 11.5 Å². The smallest absolute Gasteiger partial charge is 0.262 e. The first-order valence-electron chi connectivity index (χ1n) is 7.83. The predicted octanol–water partition coefficient (Wildman–Crippen LogP) is 3.87. The third kappa shape index (κ3) is 4.01. The van der Waals surface area contributed by atoms with Gasteiger partial charge in [0.25, 0.3) is 5.91 Å². The number of nitrogens with one attached hydrogen (secondary N) is 1. The minimum absolute atomic E-state index is 0.112. The largest absolute Gasteiger partial charge is 0.496 e. The van der Waals surface area contributed by atoms with Crippen LogP contribution in [0, 0.1) is 0 Å². The first-order chi connectivity index (χ1) is 12.2. The van der Waals surface area contributed by atoms with Gasteiger partial charge in [0.2, 0.25) is 0 Å². The van der Waals surface area contributed by atoms with Crippen molar-refractivity contribution in [1.29, 1.82) is 0 Å². The summed E-state index contributed by atoms with van der Waals surface area (Å²) in [5.41, 5.74) is 0.759. The van der Waals surface area contributed by atoms with E-state index in [9.17, 15) is 4.79 Å². The van der Waals surface area contributed by atoms with Crippen molar-refractivity contribution in [3.05, 3.63) is 60.7 Å². The summed E-state index contributed by atoms with van der Waals surface area (Å²) >= 11 is 0. The van der Waals surface area contributed by atoms with E-state index in [-0.39, 0.29) is 12.5 Å². The van der Waals surface area contributed by atoms with Crippen molar-refractivity contribution < 1.29 is 19.0 Å². The number of amides is 1. The van der Waals surface area contributed by atoms with Crippen LogP contribution in [0.1, 0.15) is 0 Å². The van der Waals surface area contributed by atoms with Crippen molar-refractivity contribution in [2.24, 2.45) is 0 Å². The Morgan fingerprint density at radius 2 is 1.52 bits per heavy atom. The molecule has 0 saturated heterocycles. The normalized spacial score (nSPS) is 10.3. The van der Waals surface area contributed by atoms with Crippen LogP contribution in [0.2, 0.25) is 0 Å². The van der Waals surface area contributed by atoms with Crippen LogP contribution in [0.25, 0.3) is 10.8 Å². The lowest BCUT2D eigenvalue weighted by Crippen LogP contribution is -2.20. The van der Waals surface area contributed by atoms with Crippen LogP contribution in [0.3, 0.4) is 0 Å². The van der Waals surface area contributed by atoms with Crippen molar-refractivity contribution in [2.45, 2.75) is 0 Å². The summed E-state index contributed by atoms with van der Waals surface area (Å²) in [5, 5.41) is 4.94. The maximum absolute atomic E-state index is 12.2.